The van der Waals surface area contributed by atoms with E-state index in [2.05, 4.69) is 5.32 Å². The van der Waals surface area contributed by atoms with E-state index in [9.17, 15) is 9.59 Å². The topological polar surface area (TPSA) is 96.0 Å². The van der Waals surface area contributed by atoms with Crippen LogP contribution in [0.3, 0.4) is 0 Å². The summed E-state index contributed by atoms with van der Waals surface area (Å²) in [6.07, 6.45) is 2.20. The highest BCUT2D eigenvalue weighted by Crippen LogP contribution is 2.05. The van der Waals surface area contributed by atoms with Crippen LogP contribution in [0.2, 0.25) is 0 Å². The molecule has 0 fully saturated rings. The summed E-state index contributed by atoms with van der Waals surface area (Å²) >= 11 is 0. The van der Waals surface area contributed by atoms with Gasteiger partial charge in [0.1, 0.15) is 6.04 Å². The molecule has 0 aliphatic carbocycles. The fourth-order valence-electron chi connectivity index (χ4n) is 1.54. The summed E-state index contributed by atoms with van der Waals surface area (Å²) in [7, 11) is 0. The van der Waals surface area contributed by atoms with Gasteiger partial charge in [-0.2, -0.15) is 5.26 Å². The van der Waals surface area contributed by atoms with Crippen molar-refractivity contribution in [3.8, 4) is 6.07 Å². The summed E-state index contributed by atoms with van der Waals surface area (Å²) < 4.78 is 0. The monoisotopic (exact) mass is 271 g/mol. The molecule has 0 spiro atoms. The summed E-state index contributed by atoms with van der Waals surface area (Å²) in [5, 5.41) is 11.3. The molecule has 5 nitrogen and oxygen atoms in total. The van der Waals surface area contributed by atoms with Crippen LogP contribution in [0.5, 0.6) is 0 Å². The zero-order chi connectivity index (χ0) is 15.1. The second-order valence-electron chi connectivity index (χ2n) is 4.63. The Labute approximate surface area is 118 Å². The first kappa shape index (κ1) is 15.4. The molecule has 1 atom stereocenters. The molecule has 0 aliphatic heterocycles. The molecule has 1 aromatic rings. The van der Waals surface area contributed by atoms with Crippen molar-refractivity contribution >= 4 is 11.8 Å². The molecule has 20 heavy (non-hydrogen) atoms. The highest BCUT2D eigenvalue weighted by Gasteiger charge is 2.17. The highest BCUT2D eigenvalue weighted by atomic mass is 16.2. The fourth-order valence-corrected chi connectivity index (χ4v) is 1.54. The van der Waals surface area contributed by atoms with Gasteiger partial charge in [-0.1, -0.05) is 11.6 Å². The lowest BCUT2D eigenvalue weighted by Gasteiger charge is -2.14. The van der Waals surface area contributed by atoms with Crippen LogP contribution in [0.4, 0.5) is 0 Å². The number of hydrogen-bond donors (Lipinski definition) is 2. The third-order valence-electron chi connectivity index (χ3n) is 2.69. The summed E-state index contributed by atoms with van der Waals surface area (Å²) in [4.78, 5) is 23.3. The number of carbonyl (C=O) groups excluding carboxylic acids is 2. The van der Waals surface area contributed by atoms with Gasteiger partial charge >= 0.3 is 0 Å². The SMILES string of the molecule is CC(C)=CC[C@@H](NC(=O)c1ccc(C#N)cc1)C(N)=O. The van der Waals surface area contributed by atoms with Crippen molar-refractivity contribution in [1.82, 2.24) is 5.32 Å². The number of nitriles is 1. The molecule has 0 saturated carbocycles. The van der Waals surface area contributed by atoms with Gasteiger partial charge in [-0.3, -0.25) is 9.59 Å². The average Bonchev–Trinajstić information content (AvgIpc) is 2.42. The second-order valence-corrected chi connectivity index (χ2v) is 4.63. The molecule has 3 N–H and O–H groups in total. The molecular weight excluding hydrogens is 254 g/mol. The average molecular weight is 271 g/mol. The maximum atomic E-state index is 12.0. The first-order valence-corrected chi connectivity index (χ1v) is 6.17. The second kappa shape index (κ2) is 7.10. The van der Waals surface area contributed by atoms with E-state index in [0.717, 1.165) is 5.57 Å². The zero-order valence-corrected chi connectivity index (χ0v) is 11.5. The largest absolute Gasteiger partial charge is 0.368 e. The number of amides is 2. The van der Waals surface area contributed by atoms with E-state index in [1.54, 1.807) is 12.1 Å². The number of carbonyl (C=O) groups is 2. The molecule has 0 unspecified atom stereocenters. The Morgan fingerprint density at radius 2 is 1.95 bits per heavy atom. The standard InChI is InChI=1S/C15H17N3O2/c1-10(2)3-8-13(14(17)19)18-15(20)12-6-4-11(9-16)5-7-12/h3-7,13H,8H2,1-2H3,(H2,17,19)(H,18,20)/t13-/m1/s1. The predicted molar refractivity (Wildman–Crippen MR) is 75.7 cm³/mol. The van der Waals surface area contributed by atoms with Gasteiger partial charge in [0.25, 0.3) is 5.91 Å². The maximum Gasteiger partial charge on any atom is 0.251 e. The predicted octanol–water partition coefficient (Wildman–Crippen LogP) is 1.50. The lowest BCUT2D eigenvalue weighted by atomic mass is 10.1. The first-order valence-electron chi connectivity index (χ1n) is 6.17. The lowest BCUT2D eigenvalue weighted by Crippen LogP contribution is -2.44. The molecule has 5 heteroatoms. The third kappa shape index (κ3) is 4.58. The van der Waals surface area contributed by atoms with Gasteiger partial charge in [0.15, 0.2) is 0 Å². The lowest BCUT2D eigenvalue weighted by molar-refractivity contribution is -0.119. The van der Waals surface area contributed by atoms with E-state index >= 15 is 0 Å². The first-order chi connectivity index (χ1) is 9.43. The third-order valence-corrected chi connectivity index (χ3v) is 2.69. The Bertz CT molecular complexity index is 564. The van der Waals surface area contributed by atoms with Crippen LogP contribution < -0.4 is 11.1 Å². The van der Waals surface area contributed by atoms with E-state index in [4.69, 9.17) is 11.0 Å². The van der Waals surface area contributed by atoms with Gasteiger partial charge in [0.2, 0.25) is 5.91 Å². The summed E-state index contributed by atoms with van der Waals surface area (Å²) in [5.41, 5.74) is 7.17. The van der Waals surface area contributed by atoms with Crippen molar-refractivity contribution in [2.75, 3.05) is 0 Å². The van der Waals surface area contributed by atoms with Gasteiger partial charge in [0.05, 0.1) is 11.6 Å². The fraction of sp³-hybridized carbons (Fsp3) is 0.267. The van der Waals surface area contributed by atoms with E-state index in [1.807, 2.05) is 26.0 Å². The van der Waals surface area contributed by atoms with Crippen LogP contribution in [-0.2, 0) is 4.79 Å². The Kier molecular flexibility index (Phi) is 5.48. The number of primary amides is 1. The number of hydrogen-bond acceptors (Lipinski definition) is 3. The quantitative estimate of drug-likeness (QED) is 0.794. The van der Waals surface area contributed by atoms with Gasteiger partial charge in [-0.05, 0) is 44.5 Å². The molecular formula is C15H17N3O2. The molecule has 2 amide bonds. The van der Waals surface area contributed by atoms with E-state index in [1.165, 1.54) is 12.1 Å². The van der Waals surface area contributed by atoms with Crippen molar-refractivity contribution < 1.29 is 9.59 Å². The zero-order valence-electron chi connectivity index (χ0n) is 11.5. The molecule has 0 bridgehead atoms. The minimum absolute atomic E-state index is 0.361. The van der Waals surface area contributed by atoms with E-state index in [-0.39, 0.29) is 5.91 Å². The van der Waals surface area contributed by atoms with Crippen LogP contribution in [-0.4, -0.2) is 17.9 Å². The maximum absolute atomic E-state index is 12.0. The minimum Gasteiger partial charge on any atom is -0.368 e. The van der Waals surface area contributed by atoms with E-state index < -0.39 is 11.9 Å². The summed E-state index contributed by atoms with van der Waals surface area (Å²) in [6, 6.07) is 7.39. The smallest absolute Gasteiger partial charge is 0.251 e. The number of rotatable bonds is 5. The number of benzene rings is 1. The van der Waals surface area contributed by atoms with Crippen molar-refractivity contribution in [1.29, 1.82) is 5.26 Å². The Hall–Kier alpha value is -2.61. The van der Waals surface area contributed by atoms with Gasteiger partial charge in [-0.15, -0.1) is 0 Å². The van der Waals surface area contributed by atoms with Crippen molar-refractivity contribution in [3.05, 3.63) is 47.0 Å². The molecule has 0 saturated heterocycles. The van der Waals surface area contributed by atoms with E-state index in [0.29, 0.717) is 17.5 Å². The highest BCUT2D eigenvalue weighted by molar-refractivity contribution is 5.97. The van der Waals surface area contributed by atoms with Crippen LogP contribution in [0.1, 0.15) is 36.2 Å². The van der Waals surface area contributed by atoms with Gasteiger partial charge in [-0.25, -0.2) is 0 Å². The van der Waals surface area contributed by atoms with Gasteiger partial charge < -0.3 is 11.1 Å². The van der Waals surface area contributed by atoms with Crippen LogP contribution in [0, 0.1) is 11.3 Å². The van der Waals surface area contributed by atoms with Crippen LogP contribution in [0.25, 0.3) is 0 Å². The van der Waals surface area contributed by atoms with Crippen molar-refractivity contribution in [2.45, 2.75) is 26.3 Å². The van der Waals surface area contributed by atoms with Gasteiger partial charge in [0, 0.05) is 5.56 Å². The Morgan fingerprint density at radius 3 is 2.40 bits per heavy atom. The molecule has 104 valence electrons. The van der Waals surface area contributed by atoms with Crippen LogP contribution >= 0.6 is 0 Å². The van der Waals surface area contributed by atoms with Crippen molar-refractivity contribution in [2.24, 2.45) is 5.73 Å². The molecule has 0 heterocycles. The normalized spacial score (nSPS) is 11.1. The van der Waals surface area contributed by atoms with Crippen molar-refractivity contribution in [3.63, 3.8) is 0 Å². The summed E-state index contributed by atoms with van der Waals surface area (Å²) in [5.74, 6) is -0.968. The molecule has 1 aromatic carbocycles. The van der Waals surface area contributed by atoms with Crippen LogP contribution in [0.15, 0.2) is 35.9 Å². The number of nitrogens with two attached hydrogens (primary N) is 1. The Morgan fingerprint density at radius 1 is 1.35 bits per heavy atom. The summed E-state index contributed by atoms with van der Waals surface area (Å²) in [6.45, 7) is 3.81. The molecule has 1 rings (SSSR count). The Balaban J connectivity index is 2.77. The number of nitrogens with one attached hydrogen (secondary N) is 1. The minimum atomic E-state index is -0.743. The molecule has 0 aliphatic rings. The number of nitrogens with zero attached hydrogens (tertiary/aromatic N) is 1. The number of allylic oxidation sites excluding steroid dienone is 1. The molecule has 0 radical (unpaired) electrons. The molecule has 0 aromatic heterocycles.